The second kappa shape index (κ2) is 4.86. The molecule has 5 heteroatoms. The molecule has 0 aromatic carbocycles. The molecule has 0 aliphatic heterocycles. The normalized spacial score (nSPS) is 14.9. The number of aryl methyl sites for hydroxylation is 1. The number of aromatic nitrogens is 3. The molecule has 3 rings (SSSR count). The quantitative estimate of drug-likeness (QED) is 0.870. The predicted molar refractivity (Wildman–Crippen MR) is 66.8 cm³/mol. The van der Waals surface area contributed by atoms with E-state index in [1.165, 1.54) is 12.8 Å². The van der Waals surface area contributed by atoms with Gasteiger partial charge < -0.3 is 9.84 Å². The molecule has 18 heavy (non-hydrogen) atoms. The number of rotatable bonds is 5. The molecule has 2 aromatic heterocycles. The summed E-state index contributed by atoms with van der Waals surface area (Å²) >= 11 is 0. The Balaban J connectivity index is 1.78. The fourth-order valence-electron chi connectivity index (χ4n) is 1.88. The van der Waals surface area contributed by atoms with Crippen molar-refractivity contribution in [2.45, 2.75) is 38.8 Å². The van der Waals surface area contributed by atoms with Gasteiger partial charge in [0, 0.05) is 24.0 Å². The molecule has 0 saturated heterocycles. The van der Waals surface area contributed by atoms with Gasteiger partial charge in [0.1, 0.15) is 0 Å². The van der Waals surface area contributed by atoms with E-state index >= 15 is 0 Å². The van der Waals surface area contributed by atoms with E-state index in [1.54, 1.807) is 6.20 Å². The first-order valence-electron chi connectivity index (χ1n) is 6.36. The molecule has 94 valence electrons. The van der Waals surface area contributed by atoms with Crippen molar-refractivity contribution in [2.75, 3.05) is 0 Å². The maximum Gasteiger partial charge on any atom is 0.240 e. The molecule has 0 radical (unpaired) electrons. The topological polar surface area (TPSA) is 63.8 Å². The molecule has 1 saturated carbocycles. The van der Waals surface area contributed by atoms with Crippen molar-refractivity contribution in [3.05, 3.63) is 29.9 Å². The molecule has 1 N–H and O–H groups in total. The van der Waals surface area contributed by atoms with Crippen molar-refractivity contribution >= 4 is 0 Å². The van der Waals surface area contributed by atoms with Gasteiger partial charge in [-0.2, -0.15) is 4.98 Å². The number of hydrogen-bond donors (Lipinski definition) is 1. The van der Waals surface area contributed by atoms with Crippen LogP contribution in [0.15, 0.2) is 23.0 Å². The van der Waals surface area contributed by atoms with Gasteiger partial charge in [-0.1, -0.05) is 12.1 Å². The monoisotopic (exact) mass is 244 g/mol. The Morgan fingerprint density at radius 3 is 3.11 bits per heavy atom. The fraction of sp³-hybridized carbons (Fsp3) is 0.462. The first-order chi connectivity index (χ1) is 8.86. The van der Waals surface area contributed by atoms with Crippen molar-refractivity contribution in [1.82, 2.24) is 20.4 Å². The van der Waals surface area contributed by atoms with Crippen molar-refractivity contribution in [1.29, 1.82) is 0 Å². The van der Waals surface area contributed by atoms with Crippen LogP contribution in [0.4, 0.5) is 0 Å². The highest BCUT2D eigenvalue weighted by Crippen LogP contribution is 2.21. The van der Waals surface area contributed by atoms with Gasteiger partial charge in [0.2, 0.25) is 11.7 Å². The lowest BCUT2D eigenvalue weighted by atomic mass is 10.1. The highest BCUT2D eigenvalue weighted by molar-refractivity contribution is 5.58. The van der Waals surface area contributed by atoms with E-state index in [1.807, 2.05) is 12.3 Å². The Hall–Kier alpha value is -1.75. The maximum absolute atomic E-state index is 5.25. The summed E-state index contributed by atoms with van der Waals surface area (Å²) in [6.07, 6.45) is 7.03. The summed E-state index contributed by atoms with van der Waals surface area (Å²) in [6, 6.07) is 2.58. The molecule has 2 heterocycles. The number of nitrogens with one attached hydrogen (secondary N) is 1. The lowest BCUT2D eigenvalue weighted by molar-refractivity contribution is 0.367. The Labute approximate surface area is 106 Å². The summed E-state index contributed by atoms with van der Waals surface area (Å²) in [5.41, 5.74) is 2.15. The highest BCUT2D eigenvalue weighted by atomic mass is 16.5. The summed E-state index contributed by atoms with van der Waals surface area (Å²) < 4.78 is 5.25. The largest absolute Gasteiger partial charge is 0.338 e. The van der Waals surface area contributed by atoms with Crippen LogP contribution in [0.3, 0.4) is 0 Å². The maximum atomic E-state index is 5.25. The standard InChI is InChI=1S/C13H16N4O/c1-2-9-7-14-6-5-11(9)13-16-12(18-17-13)8-15-10-3-4-10/h5-7,10,15H,2-4,8H2,1H3. The molecule has 1 aliphatic carbocycles. The summed E-state index contributed by atoms with van der Waals surface area (Å²) in [7, 11) is 0. The molecule has 5 nitrogen and oxygen atoms in total. The molecule has 2 aromatic rings. The third kappa shape index (κ3) is 2.41. The van der Waals surface area contributed by atoms with Gasteiger partial charge >= 0.3 is 0 Å². The Morgan fingerprint density at radius 1 is 1.44 bits per heavy atom. The van der Waals surface area contributed by atoms with E-state index in [-0.39, 0.29) is 0 Å². The SMILES string of the molecule is CCc1cnccc1-c1noc(CNC2CC2)n1. The average molecular weight is 244 g/mol. The second-order valence-corrected chi connectivity index (χ2v) is 4.55. The molecule has 1 fully saturated rings. The van der Waals surface area contributed by atoms with Crippen molar-refractivity contribution in [3.63, 3.8) is 0 Å². The molecule has 0 bridgehead atoms. The zero-order chi connectivity index (χ0) is 12.4. The van der Waals surface area contributed by atoms with Crippen LogP contribution in [-0.2, 0) is 13.0 Å². The summed E-state index contributed by atoms with van der Waals surface area (Å²) in [5, 5.41) is 7.40. The van der Waals surface area contributed by atoms with E-state index in [0.29, 0.717) is 24.3 Å². The first-order valence-corrected chi connectivity index (χ1v) is 6.36. The van der Waals surface area contributed by atoms with E-state index in [0.717, 1.165) is 17.5 Å². The summed E-state index contributed by atoms with van der Waals surface area (Å²) in [4.78, 5) is 8.54. The van der Waals surface area contributed by atoms with Crippen LogP contribution in [0.25, 0.3) is 11.4 Å². The van der Waals surface area contributed by atoms with Gasteiger partial charge in [0.25, 0.3) is 0 Å². The van der Waals surface area contributed by atoms with Crippen LogP contribution >= 0.6 is 0 Å². The minimum Gasteiger partial charge on any atom is -0.338 e. The number of hydrogen-bond acceptors (Lipinski definition) is 5. The average Bonchev–Trinajstić information content (AvgIpc) is 3.13. The van der Waals surface area contributed by atoms with Gasteiger partial charge in [-0.15, -0.1) is 0 Å². The van der Waals surface area contributed by atoms with Crippen LogP contribution in [0.5, 0.6) is 0 Å². The molecule has 0 atom stereocenters. The fourth-order valence-corrected chi connectivity index (χ4v) is 1.88. The molecule has 0 spiro atoms. The van der Waals surface area contributed by atoms with Crippen molar-refractivity contribution in [2.24, 2.45) is 0 Å². The Bertz CT molecular complexity index is 533. The first kappa shape index (κ1) is 11.3. The molecule has 1 aliphatic rings. The van der Waals surface area contributed by atoms with Gasteiger partial charge in [0.15, 0.2) is 0 Å². The second-order valence-electron chi connectivity index (χ2n) is 4.55. The molecular formula is C13H16N4O. The van der Waals surface area contributed by atoms with Gasteiger partial charge in [-0.3, -0.25) is 4.98 Å². The van der Waals surface area contributed by atoms with Crippen molar-refractivity contribution < 1.29 is 4.52 Å². The Morgan fingerprint density at radius 2 is 2.33 bits per heavy atom. The third-order valence-electron chi connectivity index (χ3n) is 3.11. The van der Waals surface area contributed by atoms with Crippen LogP contribution < -0.4 is 5.32 Å². The van der Waals surface area contributed by atoms with Crippen LogP contribution in [0.2, 0.25) is 0 Å². The number of pyridine rings is 1. The molecule has 0 amide bonds. The van der Waals surface area contributed by atoms with Gasteiger partial charge in [-0.25, -0.2) is 0 Å². The lowest BCUT2D eigenvalue weighted by Crippen LogP contribution is -2.15. The number of nitrogens with zero attached hydrogens (tertiary/aromatic N) is 3. The zero-order valence-corrected chi connectivity index (χ0v) is 10.4. The summed E-state index contributed by atoms with van der Waals surface area (Å²) in [6.45, 7) is 2.75. The minimum atomic E-state index is 0.646. The smallest absolute Gasteiger partial charge is 0.240 e. The minimum absolute atomic E-state index is 0.646. The molecule has 0 unspecified atom stereocenters. The third-order valence-corrected chi connectivity index (χ3v) is 3.11. The van der Waals surface area contributed by atoms with E-state index in [4.69, 9.17) is 4.52 Å². The van der Waals surface area contributed by atoms with Crippen LogP contribution in [0.1, 0.15) is 31.2 Å². The zero-order valence-electron chi connectivity index (χ0n) is 10.4. The van der Waals surface area contributed by atoms with Crippen LogP contribution in [0, 0.1) is 0 Å². The predicted octanol–water partition coefficient (Wildman–Crippen LogP) is 1.95. The van der Waals surface area contributed by atoms with Gasteiger partial charge in [-0.05, 0) is 30.9 Å². The van der Waals surface area contributed by atoms with E-state index in [2.05, 4.69) is 27.4 Å². The summed E-state index contributed by atoms with van der Waals surface area (Å²) in [5.74, 6) is 1.30. The van der Waals surface area contributed by atoms with E-state index < -0.39 is 0 Å². The lowest BCUT2D eigenvalue weighted by Gasteiger charge is -2.01. The van der Waals surface area contributed by atoms with Crippen molar-refractivity contribution in [3.8, 4) is 11.4 Å². The molecular weight excluding hydrogens is 228 g/mol. The van der Waals surface area contributed by atoms with Crippen LogP contribution in [-0.4, -0.2) is 21.2 Å². The Kier molecular flexibility index (Phi) is 3.06. The highest BCUT2D eigenvalue weighted by Gasteiger charge is 2.21. The van der Waals surface area contributed by atoms with E-state index in [9.17, 15) is 0 Å². The van der Waals surface area contributed by atoms with Gasteiger partial charge in [0.05, 0.1) is 6.54 Å².